The van der Waals surface area contributed by atoms with Crippen LogP contribution in [-0.2, 0) is 59.7 Å². The molecular weight excluding hydrogens is 762 g/mol. The molecule has 2 rings (SSSR count). The van der Waals surface area contributed by atoms with E-state index in [2.05, 4.69) is 26.6 Å². The minimum atomic E-state index is -4.80. The van der Waals surface area contributed by atoms with Gasteiger partial charge in [0.1, 0.15) is 23.9 Å². The molecule has 0 radical (unpaired) electrons. The number of ether oxygens (including phenoxy) is 3. The Morgan fingerprint density at radius 3 is 1.95 bits per heavy atom. The molecule has 0 unspecified atom stereocenters. The number of rotatable bonds is 27. The Morgan fingerprint density at radius 2 is 1.39 bits per heavy atom. The third-order valence-electron chi connectivity index (χ3n) is 7.86. The van der Waals surface area contributed by atoms with E-state index in [1.54, 1.807) is 38.1 Å². The number of anilines is 1. The van der Waals surface area contributed by atoms with E-state index >= 15 is 0 Å². The SMILES string of the molecule is CC(C)[C@H](NC(=O)[C@H](CS(=O)(=O)O)NC(=O)CCOCCOCCOCCN1C(=O)C=CC1=O)C(=O)N[C@@H](CCCNC(N)=O)C(=O)Nc1ccc(CO)cc1. The average molecular weight is 814 g/mol. The van der Waals surface area contributed by atoms with Crippen LogP contribution >= 0.6 is 0 Å². The Balaban J connectivity index is 1.89. The van der Waals surface area contributed by atoms with Crippen LogP contribution in [0.2, 0.25) is 0 Å². The van der Waals surface area contributed by atoms with Crippen LogP contribution in [0.1, 0.15) is 38.7 Å². The number of carbonyl (C=O) groups is 7. The van der Waals surface area contributed by atoms with Gasteiger partial charge in [0.05, 0.1) is 52.8 Å². The number of nitrogens with one attached hydrogen (secondary N) is 5. The second kappa shape index (κ2) is 24.5. The highest BCUT2D eigenvalue weighted by atomic mass is 32.2. The summed E-state index contributed by atoms with van der Waals surface area (Å²) in [4.78, 5) is 87.8. The number of nitrogens with two attached hydrogens (primary N) is 1. The summed E-state index contributed by atoms with van der Waals surface area (Å²) >= 11 is 0. The predicted octanol–water partition coefficient (Wildman–Crippen LogP) is -2.07. The molecule has 0 fully saturated rings. The molecule has 1 aliphatic heterocycles. The molecule has 0 aromatic heterocycles. The molecule has 9 N–H and O–H groups in total. The van der Waals surface area contributed by atoms with E-state index in [9.17, 15) is 51.6 Å². The van der Waals surface area contributed by atoms with Crippen LogP contribution in [0.3, 0.4) is 0 Å². The summed E-state index contributed by atoms with van der Waals surface area (Å²) in [7, 11) is -4.80. The minimum Gasteiger partial charge on any atom is -0.392 e. The third-order valence-corrected chi connectivity index (χ3v) is 8.61. The number of benzene rings is 1. The zero-order valence-electron chi connectivity index (χ0n) is 31.2. The highest BCUT2D eigenvalue weighted by Crippen LogP contribution is 2.12. The Bertz CT molecular complexity index is 1620. The smallest absolute Gasteiger partial charge is 0.312 e. The van der Waals surface area contributed by atoms with E-state index < -0.39 is 81.4 Å². The number of aliphatic hydroxyl groups is 1. The number of amides is 8. The van der Waals surface area contributed by atoms with Gasteiger partial charge in [0.2, 0.25) is 23.6 Å². The standard InChI is InChI=1S/C34H51N7O14S/c1-22(2)30(33(48)39-25(4-3-12-36-34(35)49)31(46)37-24-7-5-23(20-42)6-8-24)40-32(47)26(21-56(50,51)52)38-27(43)11-14-53-16-18-55-19-17-54-15-13-41-28(44)9-10-29(41)45/h5-10,22,25-26,30,42H,3-4,11-21H2,1-2H3,(H,37,46)(H,38,43)(H,39,48)(H,40,47)(H3,35,36,49)(H,50,51,52)/t25-,26-,30-/m0/s1. The first kappa shape index (κ1) is 47.2. The Kier molecular flexibility index (Phi) is 20.6. The lowest BCUT2D eigenvalue weighted by Crippen LogP contribution is -2.59. The molecule has 312 valence electrons. The Hall–Kier alpha value is -5.00. The van der Waals surface area contributed by atoms with Gasteiger partial charge in [0.15, 0.2) is 0 Å². The maximum absolute atomic E-state index is 13.5. The molecule has 22 heteroatoms. The van der Waals surface area contributed by atoms with Crippen molar-refractivity contribution in [3.63, 3.8) is 0 Å². The number of nitrogens with zero attached hydrogens (tertiary/aromatic N) is 1. The van der Waals surface area contributed by atoms with E-state index in [1.807, 2.05) is 0 Å². The quantitative estimate of drug-likeness (QED) is 0.0269. The maximum Gasteiger partial charge on any atom is 0.312 e. The minimum absolute atomic E-state index is 0.0285. The number of hydrogen-bond donors (Lipinski definition) is 8. The fourth-order valence-corrected chi connectivity index (χ4v) is 5.59. The molecule has 21 nitrogen and oxygen atoms in total. The molecule has 0 saturated heterocycles. The molecule has 1 heterocycles. The number of primary amides is 1. The molecular formula is C34H51N7O14S. The van der Waals surface area contributed by atoms with Crippen molar-refractivity contribution in [2.24, 2.45) is 11.7 Å². The first-order valence-corrected chi connectivity index (χ1v) is 19.3. The van der Waals surface area contributed by atoms with Gasteiger partial charge >= 0.3 is 6.03 Å². The topological polar surface area (TPSA) is 311 Å². The molecule has 1 aromatic rings. The first-order valence-electron chi connectivity index (χ1n) is 17.7. The van der Waals surface area contributed by atoms with Crippen LogP contribution in [0.15, 0.2) is 36.4 Å². The number of aliphatic hydroxyl groups excluding tert-OH is 1. The van der Waals surface area contributed by atoms with Gasteiger partial charge in [-0.2, -0.15) is 8.42 Å². The lowest BCUT2D eigenvalue weighted by atomic mass is 10.0. The Labute approximate surface area is 324 Å². The second-order valence-electron chi connectivity index (χ2n) is 12.7. The van der Waals surface area contributed by atoms with Gasteiger partial charge in [-0.15, -0.1) is 0 Å². The highest BCUT2D eigenvalue weighted by molar-refractivity contribution is 7.85. The molecule has 1 aliphatic rings. The molecule has 0 spiro atoms. The molecule has 56 heavy (non-hydrogen) atoms. The highest BCUT2D eigenvalue weighted by Gasteiger charge is 2.33. The average Bonchev–Trinajstić information content (AvgIpc) is 3.45. The summed E-state index contributed by atoms with van der Waals surface area (Å²) in [6.45, 7) is 3.72. The number of hydrogen-bond acceptors (Lipinski definition) is 13. The Morgan fingerprint density at radius 1 is 0.804 bits per heavy atom. The van der Waals surface area contributed by atoms with Gasteiger partial charge in [0, 0.05) is 30.8 Å². The fourth-order valence-electron chi connectivity index (χ4n) is 4.93. The maximum atomic E-state index is 13.5. The van der Waals surface area contributed by atoms with Crippen LogP contribution < -0.4 is 32.3 Å². The van der Waals surface area contributed by atoms with Gasteiger partial charge in [-0.1, -0.05) is 26.0 Å². The largest absolute Gasteiger partial charge is 0.392 e. The van der Waals surface area contributed by atoms with Crippen LogP contribution in [0.25, 0.3) is 0 Å². The van der Waals surface area contributed by atoms with Crippen LogP contribution in [0.5, 0.6) is 0 Å². The second-order valence-corrected chi connectivity index (χ2v) is 14.2. The van der Waals surface area contributed by atoms with Crippen molar-refractivity contribution in [1.29, 1.82) is 0 Å². The normalized spacial score (nSPS) is 14.3. The zero-order chi connectivity index (χ0) is 41.7. The van der Waals surface area contributed by atoms with E-state index in [0.29, 0.717) is 11.3 Å². The van der Waals surface area contributed by atoms with E-state index in [1.165, 1.54) is 12.2 Å². The van der Waals surface area contributed by atoms with Gasteiger partial charge < -0.3 is 51.6 Å². The van der Waals surface area contributed by atoms with Crippen molar-refractivity contribution < 1.29 is 65.8 Å². The van der Waals surface area contributed by atoms with Crippen molar-refractivity contribution in [3.05, 3.63) is 42.0 Å². The molecule has 3 atom stereocenters. The first-order chi connectivity index (χ1) is 26.5. The molecule has 0 saturated carbocycles. The van der Waals surface area contributed by atoms with Gasteiger partial charge in [0.25, 0.3) is 21.9 Å². The molecule has 1 aromatic carbocycles. The van der Waals surface area contributed by atoms with Crippen molar-refractivity contribution in [1.82, 2.24) is 26.2 Å². The van der Waals surface area contributed by atoms with Crippen molar-refractivity contribution in [2.75, 3.05) is 63.8 Å². The van der Waals surface area contributed by atoms with Crippen LogP contribution in [-0.4, -0.2) is 141 Å². The number of urea groups is 1. The van der Waals surface area contributed by atoms with Crippen molar-refractivity contribution in [2.45, 2.75) is 57.8 Å². The third kappa shape index (κ3) is 18.6. The summed E-state index contributed by atoms with van der Waals surface area (Å²) in [6, 6.07) is 1.16. The molecule has 0 aliphatic carbocycles. The van der Waals surface area contributed by atoms with Gasteiger partial charge in [-0.3, -0.25) is 38.2 Å². The van der Waals surface area contributed by atoms with E-state index in [-0.39, 0.29) is 78.6 Å². The van der Waals surface area contributed by atoms with Crippen molar-refractivity contribution in [3.8, 4) is 0 Å². The number of carbonyl (C=O) groups excluding carboxylic acids is 7. The van der Waals surface area contributed by atoms with Crippen LogP contribution in [0.4, 0.5) is 10.5 Å². The van der Waals surface area contributed by atoms with Gasteiger partial charge in [-0.05, 0) is 36.5 Å². The van der Waals surface area contributed by atoms with Crippen molar-refractivity contribution >= 4 is 57.3 Å². The molecule has 0 bridgehead atoms. The lowest BCUT2D eigenvalue weighted by molar-refractivity contribution is -0.137. The molecule has 8 amide bonds. The fraction of sp³-hybridized carbons (Fsp3) is 0.559. The van der Waals surface area contributed by atoms with Gasteiger partial charge in [-0.25, -0.2) is 4.79 Å². The predicted molar refractivity (Wildman–Crippen MR) is 198 cm³/mol. The summed E-state index contributed by atoms with van der Waals surface area (Å²) in [5.74, 6) is -5.98. The van der Waals surface area contributed by atoms with Crippen LogP contribution in [0, 0.1) is 5.92 Å². The zero-order valence-corrected chi connectivity index (χ0v) is 32.0. The van der Waals surface area contributed by atoms with E-state index in [0.717, 1.165) is 4.90 Å². The number of imide groups is 1. The summed E-state index contributed by atoms with van der Waals surface area (Å²) in [6.07, 6.45) is 2.30. The van der Waals surface area contributed by atoms with E-state index in [4.69, 9.17) is 19.9 Å². The summed E-state index contributed by atoms with van der Waals surface area (Å²) < 4.78 is 49.0. The monoisotopic (exact) mass is 813 g/mol. The summed E-state index contributed by atoms with van der Waals surface area (Å²) in [5, 5.41) is 21.5. The lowest BCUT2D eigenvalue weighted by Gasteiger charge is -2.27. The summed E-state index contributed by atoms with van der Waals surface area (Å²) in [5.41, 5.74) is 6.07.